The van der Waals surface area contributed by atoms with E-state index in [4.69, 9.17) is 8.85 Å². The molecule has 0 rings (SSSR count). The highest BCUT2D eigenvalue weighted by Gasteiger charge is 2.19. The number of hydrogen-bond acceptors (Lipinski definition) is 3. The van der Waals surface area contributed by atoms with Crippen LogP contribution in [0.5, 0.6) is 0 Å². The molecule has 0 aliphatic carbocycles. The van der Waals surface area contributed by atoms with Crippen molar-refractivity contribution < 1.29 is 13.6 Å². The van der Waals surface area contributed by atoms with Gasteiger partial charge in [-0.2, -0.15) is 0 Å². The zero-order valence-electron chi connectivity index (χ0n) is 8.58. The molecule has 76 valence electrons. The first-order valence-electron chi connectivity index (χ1n) is 4.34. The molecular weight excluding hydrogens is 184 g/mol. The number of ketones is 1. The average Bonchev–Trinajstić information content (AvgIpc) is 2.14. The van der Waals surface area contributed by atoms with Gasteiger partial charge < -0.3 is 8.85 Å². The Hall–Kier alpha value is -0.453. The summed E-state index contributed by atoms with van der Waals surface area (Å²) in [6, 6.07) is 0.446. The van der Waals surface area contributed by atoms with Crippen molar-refractivity contribution in [3.05, 3.63) is 12.7 Å². The molecule has 1 atom stereocenters. The second-order valence-electron chi connectivity index (χ2n) is 3.00. The minimum atomic E-state index is -1.71. The third-order valence-electron chi connectivity index (χ3n) is 1.96. The second-order valence-corrected chi connectivity index (χ2v) is 5.21. The molecule has 0 heterocycles. The van der Waals surface area contributed by atoms with Gasteiger partial charge in [-0.25, -0.2) is 0 Å². The fourth-order valence-corrected chi connectivity index (χ4v) is 2.27. The van der Waals surface area contributed by atoms with Crippen LogP contribution in [0.15, 0.2) is 12.7 Å². The maximum absolute atomic E-state index is 11.5. The molecular formula is C9H18O3Si. The van der Waals surface area contributed by atoms with Gasteiger partial charge in [0.25, 0.3) is 0 Å². The molecule has 13 heavy (non-hydrogen) atoms. The van der Waals surface area contributed by atoms with Crippen LogP contribution in [0.2, 0.25) is 6.04 Å². The zero-order valence-corrected chi connectivity index (χ0v) is 9.73. The maximum atomic E-state index is 11.5. The van der Waals surface area contributed by atoms with Gasteiger partial charge >= 0.3 is 9.28 Å². The van der Waals surface area contributed by atoms with Crippen molar-refractivity contribution in [1.29, 1.82) is 0 Å². The normalized spacial score (nSPS) is 12.9. The summed E-state index contributed by atoms with van der Waals surface area (Å²) in [5.74, 6) is 0.248. The van der Waals surface area contributed by atoms with Gasteiger partial charge in [0.05, 0.1) is 0 Å². The summed E-state index contributed by atoms with van der Waals surface area (Å²) >= 11 is 0. The molecule has 0 saturated carbocycles. The minimum absolute atomic E-state index is 0.0396. The molecule has 0 aliphatic rings. The van der Waals surface area contributed by atoms with Gasteiger partial charge in [0.2, 0.25) is 0 Å². The Bertz CT molecular complexity index is 166. The monoisotopic (exact) mass is 202 g/mol. The molecule has 1 unspecified atom stereocenters. The van der Waals surface area contributed by atoms with E-state index in [0.29, 0.717) is 6.04 Å². The molecule has 0 spiro atoms. The van der Waals surface area contributed by atoms with Crippen LogP contribution in [-0.2, 0) is 13.6 Å². The first kappa shape index (κ1) is 12.5. The van der Waals surface area contributed by atoms with Gasteiger partial charge in [0.15, 0.2) is 0 Å². The zero-order chi connectivity index (χ0) is 10.3. The number of carbonyl (C=O) groups is 1. The van der Waals surface area contributed by atoms with E-state index in [0.717, 1.165) is 6.42 Å². The summed E-state index contributed by atoms with van der Waals surface area (Å²) in [5, 5.41) is 0. The summed E-state index contributed by atoms with van der Waals surface area (Å²) < 4.78 is 10.1. The van der Waals surface area contributed by atoms with Gasteiger partial charge in [-0.15, -0.1) is 6.58 Å². The Morgan fingerprint density at radius 2 is 2.08 bits per heavy atom. The summed E-state index contributed by atoms with van der Waals surface area (Å²) in [5.41, 5.74) is 0. The van der Waals surface area contributed by atoms with Crippen molar-refractivity contribution in [2.75, 3.05) is 14.2 Å². The van der Waals surface area contributed by atoms with Crippen molar-refractivity contribution in [3.63, 3.8) is 0 Å². The first-order valence-corrected chi connectivity index (χ1v) is 6.10. The molecule has 0 amide bonds. The van der Waals surface area contributed by atoms with E-state index in [-0.39, 0.29) is 11.7 Å². The highest BCUT2D eigenvalue weighted by Crippen LogP contribution is 2.09. The van der Waals surface area contributed by atoms with E-state index in [1.807, 2.05) is 6.92 Å². The highest BCUT2D eigenvalue weighted by molar-refractivity contribution is 6.49. The second kappa shape index (κ2) is 7.00. The van der Waals surface area contributed by atoms with Gasteiger partial charge in [-0.3, -0.25) is 4.79 Å². The molecule has 0 N–H and O–H groups in total. The number of rotatable bonds is 7. The number of hydrogen-bond donors (Lipinski definition) is 0. The van der Waals surface area contributed by atoms with Gasteiger partial charge in [0, 0.05) is 26.2 Å². The third kappa shape index (κ3) is 4.97. The quantitative estimate of drug-likeness (QED) is 0.461. The van der Waals surface area contributed by atoms with Crippen molar-refractivity contribution in [3.8, 4) is 0 Å². The molecule has 0 saturated heterocycles. The van der Waals surface area contributed by atoms with Gasteiger partial charge in [-0.05, 0) is 6.42 Å². The Kier molecular flexibility index (Phi) is 6.76. The van der Waals surface area contributed by atoms with E-state index < -0.39 is 9.28 Å². The predicted molar refractivity (Wildman–Crippen MR) is 55.0 cm³/mol. The molecule has 0 aliphatic heterocycles. The van der Waals surface area contributed by atoms with Crippen LogP contribution in [-0.4, -0.2) is 29.3 Å². The predicted octanol–water partition coefficient (Wildman–Crippen LogP) is 1.28. The SMILES string of the molecule is C=CCC(C)C(=O)C[SiH](OC)OC. The van der Waals surface area contributed by atoms with Crippen LogP contribution in [0.4, 0.5) is 0 Å². The van der Waals surface area contributed by atoms with Crippen LogP contribution in [0, 0.1) is 5.92 Å². The molecule has 0 fully saturated rings. The maximum Gasteiger partial charge on any atom is 0.328 e. The van der Waals surface area contributed by atoms with E-state index in [9.17, 15) is 4.79 Å². The number of carbonyl (C=O) groups excluding carboxylic acids is 1. The van der Waals surface area contributed by atoms with Gasteiger partial charge in [0.1, 0.15) is 5.78 Å². The molecule has 0 aromatic rings. The summed E-state index contributed by atoms with van der Waals surface area (Å²) in [4.78, 5) is 11.5. The van der Waals surface area contributed by atoms with Crippen molar-refractivity contribution >= 4 is 15.1 Å². The molecule has 3 nitrogen and oxygen atoms in total. The van der Waals surface area contributed by atoms with Crippen LogP contribution >= 0.6 is 0 Å². The van der Waals surface area contributed by atoms with E-state index in [2.05, 4.69) is 6.58 Å². The number of Topliss-reactive ketones (excluding diaryl/α,β-unsaturated/α-hetero) is 1. The standard InChI is InChI=1S/C9H18O3Si/c1-5-6-8(2)9(10)7-13(11-3)12-4/h5,8,13H,1,6-7H2,2-4H3. The highest BCUT2D eigenvalue weighted by atomic mass is 28.3. The largest absolute Gasteiger partial charge is 0.400 e. The number of allylic oxidation sites excluding steroid dienone is 1. The van der Waals surface area contributed by atoms with Crippen LogP contribution in [0.25, 0.3) is 0 Å². The fourth-order valence-electron chi connectivity index (χ4n) is 1.01. The van der Waals surface area contributed by atoms with Crippen LogP contribution < -0.4 is 0 Å². The summed E-state index contributed by atoms with van der Waals surface area (Å²) in [6.07, 6.45) is 2.49. The fraction of sp³-hybridized carbons (Fsp3) is 0.667. The molecule has 0 radical (unpaired) electrons. The lowest BCUT2D eigenvalue weighted by atomic mass is 10.0. The summed E-state index contributed by atoms with van der Waals surface area (Å²) in [6.45, 7) is 5.50. The lowest BCUT2D eigenvalue weighted by Gasteiger charge is -2.12. The lowest BCUT2D eigenvalue weighted by Crippen LogP contribution is -2.25. The Balaban J connectivity index is 3.89. The van der Waals surface area contributed by atoms with E-state index >= 15 is 0 Å². The van der Waals surface area contributed by atoms with Crippen LogP contribution in [0.3, 0.4) is 0 Å². The molecule has 4 heteroatoms. The Labute approximate surface area is 81.6 Å². The lowest BCUT2D eigenvalue weighted by molar-refractivity contribution is -0.120. The van der Waals surface area contributed by atoms with Gasteiger partial charge in [-0.1, -0.05) is 13.0 Å². The van der Waals surface area contributed by atoms with Crippen molar-refractivity contribution in [2.24, 2.45) is 5.92 Å². The Morgan fingerprint density at radius 3 is 2.46 bits per heavy atom. The first-order chi connectivity index (χ1) is 6.15. The average molecular weight is 202 g/mol. The molecule has 0 aromatic carbocycles. The van der Waals surface area contributed by atoms with E-state index in [1.165, 1.54) is 0 Å². The molecule has 0 bridgehead atoms. The van der Waals surface area contributed by atoms with Crippen molar-refractivity contribution in [2.45, 2.75) is 19.4 Å². The third-order valence-corrected chi connectivity index (χ3v) is 3.75. The van der Waals surface area contributed by atoms with E-state index in [1.54, 1.807) is 20.3 Å². The van der Waals surface area contributed by atoms with Crippen molar-refractivity contribution in [1.82, 2.24) is 0 Å². The Morgan fingerprint density at radius 1 is 1.54 bits per heavy atom. The summed E-state index contributed by atoms with van der Waals surface area (Å²) in [7, 11) is 1.46. The smallest absolute Gasteiger partial charge is 0.328 e. The minimum Gasteiger partial charge on any atom is -0.400 e. The molecule has 0 aromatic heterocycles. The van der Waals surface area contributed by atoms with Crippen LogP contribution in [0.1, 0.15) is 13.3 Å². The topological polar surface area (TPSA) is 35.5 Å².